The number of halogens is 1. The molecule has 2 atom stereocenters. The van der Waals surface area contributed by atoms with E-state index in [0.717, 1.165) is 19.4 Å². The third-order valence-corrected chi connectivity index (χ3v) is 4.05. The molecule has 2 unspecified atom stereocenters. The van der Waals surface area contributed by atoms with Crippen molar-refractivity contribution in [2.45, 2.75) is 43.5 Å². The van der Waals surface area contributed by atoms with E-state index < -0.39 is 0 Å². The number of carbonyl (C=O) groups is 1. The lowest BCUT2D eigenvalue weighted by molar-refractivity contribution is -0.132. The molecule has 3 nitrogen and oxygen atoms in total. The molecule has 0 spiro atoms. The SMILES string of the molecule is CCC(C)(CCO)N1CCC(Br)C1=O. The Bertz CT molecular complexity index is 222. The number of alkyl halides is 1. The van der Waals surface area contributed by atoms with Crippen LogP contribution in [0.15, 0.2) is 0 Å². The highest BCUT2D eigenvalue weighted by atomic mass is 79.9. The Morgan fingerprint density at radius 3 is 2.71 bits per heavy atom. The first-order valence-electron chi connectivity index (χ1n) is 5.11. The molecule has 1 aliphatic heterocycles. The first-order chi connectivity index (χ1) is 6.55. The molecule has 82 valence electrons. The van der Waals surface area contributed by atoms with Crippen LogP contribution in [0.25, 0.3) is 0 Å². The number of likely N-dealkylation sites (tertiary alicyclic amines) is 1. The van der Waals surface area contributed by atoms with Crippen molar-refractivity contribution in [1.82, 2.24) is 4.90 Å². The van der Waals surface area contributed by atoms with E-state index in [9.17, 15) is 4.79 Å². The van der Waals surface area contributed by atoms with Crippen LogP contribution in [0.3, 0.4) is 0 Å². The molecule has 1 fully saturated rings. The summed E-state index contributed by atoms with van der Waals surface area (Å²) in [5.41, 5.74) is -0.172. The maximum absolute atomic E-state index is 11.8. The van der Waals surface area contributed by atoms with E-state index in [1.807, 2.05) is 11.8 Å². The zero-order valence-electron chi connectivity index (χ0n) is 8.79. The summed E-state index contributed by atoms with van der Waals surface area (Å²) in [5.74, 6) is 0.169. The minimum absolute atomic E-state index is 0.0212. The summed E-state index contributed by atoms with van der Waals surface area (Å²) in [6, 6.07) is 0. The Hall–Kier alpha value is -0.0900. The summed E-state index contributed by atoms with van der Waals surface area (Å²) in [4.78, 5) is 13.7. The van der Waals surface area contributed by atoms with E-state index in [4.69, 9.17) is 5.11 Å². The van der Waals surface area contributed by atoms with Crippen LogP contribution >= 0.6 is 15.9 Å². The Morgan fingerprint density at radius 2 is 2.36 bits per heavy atom. The summed E-state index contributed by atoms with van der Waals surface area (Å²) < 4.78 is 0. The largest absolute Gasteiger partial charge is 0.396 e. The topological polar surface area (TPSA) is 40.5 Å². The Balaban J connectivity index is 2.74. The Morgan fingerprint density at radius 1 is 1.71 bits per heavy atom. The van der Waals surface area contributed by atoms with Gasteiger partial charge in [0.25, 0.3) is 0 Å². The summed E-state index contributed by atoms with van der Waals surface area (Å²) in [6.07, 6.45) is 2.42. The second kappa shape index (κ2) is 4.62. The number of nitrogens with zero attached hydrogens (tertiary/aromatic N) is 1. The van der Waals surface area contributed by atoms with Crippen molar-refractivity contribution in [2.75, 3.05) is 13.2 Å². The minimum atomic E-state index is -0.172. The molecular weight excluding hydrogens is 246 g/mol. The molecule has 1 amide bonds. The van der Waals surface area contributed by atoms with Crippen molar-refractivity contribution >= 4 is 21.8 Å². The summed E-state index contributed by atoms with van der Waals surface area (Å²) in [6.45, 7) is 5.05. The maximum Gasteiger partial charge on any atom is 0.236 e. The van der Waals surface area contributed by atoms with Crippen molar-refractivity contribution in [3.63, 3.8) is 0 Å². The molecule has 1 saturated heterocycles. The third kappa shape index (κ3) is 2.11. The number of rotatable bonds is 4. The molecule has 1 N–H and O–H groups in total. The zero-order valence-corrected chi connectivity index (χ0v) is 10.4. The van der Waals surface area contributed by atoms with Crippen molar-refractivity contribution in [1.29, 1.82) is 0 Å². The van der Waals surface area contributed by atoms with Crippen molar-refractivity contribution in [2.24, 2.45) is 0 Å². The number of carbonyl (C=O) groups excluding carboxylic acids is 1. The maximum atomic E-state index is 11.8. The van der Waals surface area contributed by atoms with Gasteiger partial charge in [0.15, 0.2) is 0 Å². The monoisotopic (exact) mass is 263 g/mol. The molecule has 0 aromatic heterocycles. The van der Waals surface area contributed by atoms with Crippen LogP contribution in [0.4, 0.5) is 0 Å². The fourth-order valence-electron chi connectivity index (χ4n) is 1.92. The quantitative estimate of drug-likeness (QED) is 0.782. The Kier molecular flexibility index (Phi) is 3.95. The van der Waals surface area contributed by atoms with Gasteiger partial charge in [-0.25, -0.2) is 0 Å². The molecule has 0 saturated carbocycles. The number of amides is 1. The third-order valence-electron chi connectivity index (χ3n) is 3.20. The first kappa shape index (κ1) is 12.0. The van der Waals surface area contributed by atoms with Gasteiger partial charge in [0.2, 0.25) is 5.91 Å². The summed E-state index contributed by atoms with van der Waals surface area (Å²) >= 11 is 3.36. The van der Waals surface area contributed by atoms with Crippen molar-refractivity contribution in [3.8, 4) is 0 Å². The molecule has 0 aliphatic carbocycles. The van der Waals surface area contributed by atoms with Crippen LogP contribution in [0.5, 0.6) is 0 Å². The highest BCUT2D eigenvalue weighted by molar-refractivity contribution is 9.10. The molecule has 0 aromatic carbocycles. The lowest BCUT2D eigenvalue weighted by Crippen LogP contribution is -2.48. The average molecular weight is 264 g/mol. The first-order valence-corrected chi connectivity index (χ1v) is 6.03. The van der Waals surface area contributed by atoms with Gasteiger partial charge in [-0.1, -0.05) is 22.9 Å². The van der Waals surface area contributed by atoms with Crippen molar-refractivity contribution in [3.05, 3.63) is 0 Å². The van der Waals surface area contributed by atoms with E-state index in [1.54, 1.807) is 0 Å². The van der Waals surface area contributed by atoms with Crippen LogP contribution in [0.1, 0.15) is 33.1 Å². The van der Waals surface area contributed by atoms with Crippen molar-refractivity contribution < 1.29 is 9.90 Å². The van der Waals surface area contributed by atoms with Gasteiger partial charge >= 0.3 is 0 Å². The van der Waals surface area contributed by atoms with E-state index in [0.29, 0.717) is 6.42 Å². The average Bonchev–Trinajstić information content (AvgIpc) is 2.48. The minimum Gasteiger partial charge on any atom is -0.396 e. The highest BCUT2D eigenvalue weighted by Gasteiger charge is 2.40. The number of hydrogen-bond donors (Lipinski definition) is 1. The Labute approximate surface area is 93.6 Å². The number of aliphatic hydroxyl groups excluding tert-OH is 1. The van der Waals surface area contributed by atoms with Gasteiger partial charge in [0.05, 0.1) is 4.83 Å². The van der Waals surface area contributed by atoms with Gasteiger partial charge in [-0.05, 0) is 26.2 Å². The second-order valence-corrected chi connectivity index (χ2v) is 5.18. The number of hydrogen-bond acceptors (Lipinski definition) is 2. The fraction of sp³-hybridized carbons (Fsp3) is 0.900. The van der Waals surface area contributed by atoms with Crippen LogP contribution in [-0.4, -0.2) is 39.4 Å². The van der Waals surface area contributed by atoms with Gasteiger partial charge in [-0.15, -0.1) is 0 Å². The normalized spacial score (nSPS) is 26.7. The lowest BCUT2D eigenvalue weighted by Gasteiger charge is -2.38. The molecule has 0 bridgehead atoms. The zero-order chi connectivity index (χ0) is 10.8. The highest BCUT2D eigenvalue weighted by Crippen LogP contribution is 2.30. The van der Waals surface area contributed by atoms with E-state index in [2.05, 4.69) is 22.9 Å². The molecule has 4 heteroatoms. The molecular formula is C10H18BrNO2. The molecule has 14 heavy (non-hydrogen) atoms. The van der Waals surface area contributed by atoms with Crippen LogP contribution in [-0.2, 0) is 4.79 Å². The fourth-order valence-corrected chi connectivity index (χ4v) is 2.38. The molecule has 0 radical (unpaired) electrons. The molecule has 1 heterocycles. The van der Waals surface area contributed by atoms with Crippen LogP contribution in [0.2, 0.25) is 0 Å². The standard InChI is InChI=1S/C10H18BrNO2/c1-3-10(2,5-7-13)12-6-4-8(11)9(12)14/h8,13H,3-7H2,1-2H3. The van der Waals surface area contributed by atoms with Crippen LogP contribution < -0.4 is 0 Å². The summed E-state index contributed by atoms with van der Waals surface area (Å²) in [7, 11) is 0. The van der Waals surface area contributed by atoms with Crippen LogP contribution in [0, 0.1) is 0 Å². The molecule has 0 aromatic rings. The van der Waals surface area contributed by atoms with E-state index >= 15 is 0 Å². The predicted molar refractivity (Wildman–Crippen MR) is 59.4 cm³/mol. The van der Waals surface area contributed by atoms with Gasteiger partial charge in [-0.3, -0.25) is 4.79 Å². The predicted octanol–water partition coefficient (Wildman–Crippen LogP) is 1.53. The smallest absolute Gasteiger partial charge is 0.236 e. The van der Waals surface area contributed by atoms with Gasteiger partial charge in [0, 0.05) is 18.7 Å². The van der Waals surface area contributed by atoms with Gasteiger partial charge < -0.3 is 10.0 Å². The van der Waals surface area contributed by atoms with Gasteiger partial charge in [-0.2, -0.15) is 0 Å². The van der Waals surface area contributed by atoms with E-state index in [1.165, 1.54) is 0 Å². The van der Waals surface area contributed by atoms with Gasteiger partial charge in [0.1, 0.15) is 0 Å². The lowest BCUT2D eigenvalue weighted by atomic mass is 9.93. The number of aliphatic hydroxyl groups is 1. The summed E-state index contributed by atoms with van der Waals surface area (Å²) in [5, 5.41) is 9.00. The molecule has 1 aliphatic rings. The second-order valence-electron chi connectivity index (χ2n) is 4.07. The molecule has 1 rings (SSSR count). The van der Waals surface area contributed by atoms with E-state index in [-0.39, 0.29) is 22.9 Å².